The molecule has 150 valence electrons. The standard InChI is InChI=1S/C20H24N2O6/c1-20(2,3)28-19(25)22-9-7-21(8-10-22)17(23)15-11-13-5-6-14(26-4)12-16(13)27-18(15)24/h5-6,11-12H,7-10H2,1-4H3. The van der Waals surface area contributed by atoms with Crippen LogP contribution in [-0.2, 0) is 4.74 Å². The number of hydrogen-bond acceptors (Lipinski definition) is 6. The van der Waals surface area contributed by atoms with Gasteiger partial charge in [-0.25, -0.2) is 9.59 Å². The van der Waals surface area contributed by atoms with E-state index in [1.807, 2.05) is 0 Å². The number of amides is 2. The van der Waals surface area contributed by atoms with E-state index in [0.717, 1.165) is 0 Å². The highest BCUT2D eigenvalue weighted by Crippen LogP contribution is 2.21. The molecule has 28 heavy (non-hydrogen) atoms. The van der Waals surface area contributed by atoms with Crippen LogP contribution in [0.1, 0.15) is 31.1 Å². The molecule has 0 radical (unpaired) electrons. The Kier molecular flexibility index (Phi) is 5.31. The molecule has 1 aromatic carbocycles. The highest BCUT2D eigenvalue weighted by atomic mass is 16.6. The summed E-state index contributed by atoms with van der Waals surface area (Å²) in [6.07, 6.45) is -0.404. The summed E-state index contributed by atoms with van der Waals surface area (Å²) in [6, 6.07) is 6.60. The maximum Gasteiger partial charge on any atom is 0.410 e. The Balaban J connectivity index is 1.72. The summed E-state index contributed by atoms with van der Waals surface area (Å²) < 4.78 is 15.8. The van der Waals surface area contributed by atoms with Crippen molar-refractivity contribution in [2.45, 2.75) is 26.4 Å². The van der Waals surface area contributed by atoms with Gasteiger partial charge >= 0.3 is 11.7 Å². The van der Waals surface area contributed by atoms with Crippen molar-refractivity contribution >= 4 is 23.0 Å². The van der Waals surface area contributed by atoms with Gasteiger partial charge in [0.05, 0.1) is 7.11 Å². The van der Waals surface area contributed by atoms with Crippen molar-refractivity contribution in [1.82, 2.24) is 9.80 Å². The Labute approximate surface area is 162 Å². The van der Waals surface area contributed by atoms with Crippen molar-refractivity contribution in [3.63, 3.8) is 0 Å². The molecule has 8 nitrogen and oxygen atoms in total. The monoisotopic (exact) mass is 388 g/mol. The molecule has 1 aromatic heterocycles. The average molecular weight is 388 g/mol. The third-order valence-electron chi connectivity index (χ3n) is 4.39. The second kappa shape index (κ2) is 7.53. The second-order valence-electron chi connectivity index (χ2n) is 7.61. The number of rotatable bonds is 2. The fourth-order valence-corrected chi connectivity index (χ4v) is 2.96. The molecule has 2 amide bonds. The summed E-state index contributed by atoms with van der Waals surface area (Å²) in [4.78, 5) is 40.3. The second-order valence-corrected chi connectivity index (χ2v) is 7.61. The van der Waals surface area contributed by atoms with E-state index in [4.69, 9.17) is 13.9 Å². The first-order chi connectivity index (χ1) is 13.2. The number of carbonyl (C=O) groups is 2. The van der Waals surface area contributed by atoms with Gasteiger partial charge in [-0.15, -0.1) is 0 Å². The first kappa shape index (κ1) is 19.7. The molecule has 1 aliphatic heterocycles. The highest BCUT2D eigenvalue weighted by Gasteiger charge is 2.29. The number of benzene rings is 1. The smallest absolute Gasteiger partial charge is 0.410 e. The molecule has 8 heteroatoms. The average Bonchev–Trinajstić information content (AvgIpc) is 2.65. The lowest BCUT2D eigenvalue weighted by Gasteiger charge is -2.35. The molecule has 3 rings (SSSR count). The Morgan fingerprint density at radius 3 is 2.29 bits per heavy atom. The topological polar surface area (TPSA) is 89.3 Å². The number of fused-ring (bicyclic) bond motifs is 1. The maximum absolute atomic E-state index is 12.8. The van der Waals surface area contributed by atoms with Gasteiger partial charge in [-0.1, -0.05) is 0 Å². The van der Waals surface area contributed by atoms with E-state index in [9.17, 15) is 14.4 Å². The predicted molar refractivity (Wildman–Crippen MR) is 103 cm³/mol. The molecule has 0 N–H and O–H groups in total. The van der Waals surface area contributed by atoms with Crippen LogP contribution in [0.2, 0.25) is 0 Å². The lowest BCUT2D eigenvalue weighted by molar-refractivity contribution is 0.0140. The van der Waals surface area contributed by atoms with Crippen molar-refractivity contribution in [1.29, 1.82) is 0 Å². The van der Waals surface area contributed by atoms with E-state index < -0.39 is 23.2 Å². The van der Waals surface area contributed by atoms with Crippen molar-refractivity contribution in [3.05, 3.63) is 40.2 Å². The van der Waals surface area contributed by atoms with Gasteiger partial charge in [-0.05, 0) is 39.0 Å². The Hall–Kier alpha value is -3.03. The number of hydrogen-bond donors (Lipinski definition) is 0. The number of carbonyl (C=O) groups excluding carboxylic acids is 2. The Morgan fingerprint density at radius 1 is 1.04 bits per heavy atom. The minimum absolute atomic E-state index is 0.0246. The molecule has 0 atom stereocenters. The quantitative estimate of drug-likeness (QED) is 0.735. The lowest BCUT2D eigenvalue weighted by Crippen LogP contribution is -2.52. The minimum atomic E-state index is -0.694. The van der Waals surface area contributed by atoms with Crippen molar-refractivity contribution in [2.75, 3.05) is 33.3 Å². The van der Waals surface area contributed by atoms with E-state index in [1.165, 1.54) is 13.2 Å². The zero-order valence-corrected chi connectivity index (χ0v) is 16.5. The van der Waals surface area contributed by atoms with E-state index in [-0.39, 0.29) is 5.56 Å². The maximum atomic E-state index is 12.8. The predicted octanol–water partition coefficient (Wildman–Crippen LogP) is 2.49. The molecule has 0 unspecified atom stereocenters. The summed E-state index contributed by atoms with van der Waals surface area (Å²) in [5.41, 5.74) is -0.934. The normalized spacial score (nSPS) is 14.9. The Morgan fingerprint density at radius 2 is 1.68 bits per heavy atom. The minimum Gasteiger partial charge on any atom is -0.497 e. The van der Waals surface area contributed by atoms with Crippen LogP contribution < -0.4 is 10.4 Å². The molecule has 0 aliphatic carbocycles. The van der Waals surface area contributed by atoms with Gasteiger partial charge in [0.1, 0.15) is 22.5 Å². The fourth-order valence-electron chi connectivity index (χ4n) is 2.96. The molecular formula is C20H24N2O6. The largest absolute Gasteiger partial charge is 0.497 e. The molecular weight excluding hydrogens is 364 g/mol. The zero-order valence-electron chi connectivity index (χ0n) is 16.5. The van der Waals surface area contributed by atoms with E-state index in [2.05, 4.69) is 0 Å². The van der Waals surface area contributed by atoms with Crippen molar-refractivity contribution in [3.8, 4) is 5.75 Å². The molecule has 1 aliphatic rings. The molecule has 1 fully saturated rings. The first-order valence-electron chi connectivity index (χ1n) is 9.07. The third-order valence-corrected chi connectivity index (χ3v) is 4.39. The third kappa shape index (κ3) is 4.27. The lowest BCUT2D eigenvalue weighted by atomic mass is 10.1. The number of methoxy groups -OCH3 is 1. The van der Waals surface area contributed by atoms with Crippen LogP contribution in [0, 0.1) is 0 Å². The molecule has 1 saturated heterocycles. The van der Waals surface area contributed by atoms with Gasteiger partial charge < -0.3 is 23.7 Å². The molecule has 0 spiro atoms. The molecule has 0 saturated carbocycles. The van der Waals surface area contributed by atoms with Gasteiger partial charge in [0, 0.05) is 37.6 Å². The Bertz CT molecular complexity index is 951. The fraction of sp³-hybridized carbons (Fsp3) is 0.450. The van der Waals surface area contributed by atoms with Crippen molar-refractivity contribution < 1.29 is 23.5 Å². The van der Waals surface area contributed by atoms with Gasteiger partial charge in [-0.2, -0.15) is 0 Å². The molecule has 0 bridgehead atoms. The van der Waals surface area contributed by atoms with E-state index >= 15 is 0 Å². The summed E-state index contributed by atoms with van der Waals surface area (Å²) in [6.45, 7) is 6.74. The van der Waals surface area contributed by atoms with Gasteiger partial charge in [0.15, 0.2) is 0 Å². The van der Waals surface area contributed by atoms with Crippen LogP contribution in [-0.4, -0.2) is 60.7 Å². The zero-order chi connectivity index (χ0) is 20.5. The summed E-state index contributed by atoms with van der Waals surface area (Å²) in [5, 5.41) is 0.635. The summed E-state index contributed by atoms with van der Waals surface area (Å²) in [5.74, 6) is 0.156. The number of ether oxygens (including phenoxy) is 2. The van der Waals surface area contributed by atoms with Crippen molar-refractivity contribution in [2.24, 2.45) is 0 Å². The van der Waals surface area contributed by atoms with Gasteiger partial charge in [0.25, 0.3) is 5.91 Å². The van der Waals surface area contributed by atoms with Crippen LogP contribution >= 0.6 is 0 Å². The van der Waals surface area contributed by atoms with E-state index in [1.54, 1.807) is 48.8 Å². The van der Waals surface area contributed by atoms with Crippen LogP contribution in [0.4, 0.5) is 4.79 Å². The van der Waals surface area contributed by atoms with Crippen LogP contribution in [0.5, 0.6) is 5.75 Å². The van der Waals surface area contributed by atoms with Gasteiger partial charge in [-0.3, -0.25) is 4.79 Å². The first-order valence-corrected chi connectivity index (χ1v) is 9.07. The summed E-state index contributed by atoms with van der Waals surface area (Å²) >= 11 is 0. The molecule has 2 heterocycles. The number of nitrogens with zero attached hydrogens (tertiary/aromatic N) is 2. The SMILES string of the molecule is COc1ccc2cc(C(=O)N3CCN(C(=O)OC(C)(C)C)CC3)c(=O)oc2c1. The van der Waals surface area contributed by atoms with E-state index in [0.29, 0.717) is 42.9 Å². The number of piperazine rings is 1. The van der Waals surface area contributed by atoms with Crippen LogP contribution in [0.25, 0.3) is 11.0 Å². The molecule has 2 aromatic rings. The van der Waals surface area contributed by atoms with Gasteiger partial charge in [0.2, 0.25) is 0 Å². The van der Waals surface area contributed by atoms with Crippen LogP contribution in [0.15, 0.2) is 33.5 Å². The highest BCUT2D eigenvalue weighted by molar-refractivity contribution is 5.97. The summed E-state index contributed by atoms with van der Waals surface area (Å²) in [7, 11) is 1.52. The van der Waals surface area contributed by atoms with Crippen LogP contribution in [0.3, 0.4) is 0 Å².